The van der Waals surface area contributed by atoms with Crippen LogP contribution in [0.1, 0.15) is 10.5 Å². The minimum Gasteiger partial charge on any atom is -0.296 e. The summed E-state index contributed by atoms with van der Waals surface area (Å²) in [5.41, 5.74) is 3.36. The van der Waals surface area contributed by atoms with Crippen molar-refractivity contribution < 1.29 is 4.79 Å². The molecule has 0 radical (unpaired) electrons. The van der Waals surface area contributed by atoms with Gasteiger partial charge in [-0.1, -0.05) is 18.2 Å². The number of pyridine rings is 1. The van der Waals surface area contributed by atoms with Gasteiger partial charge in [0.05, 0.1) is 11.7 Å². The van der Waals surface area contributed by atoms with Crippen LogP contribution in [0.25, 0.3) is 22.0 Å². The van der Waals surface area contributed by atoms with Gasteiger partial charge in [-0.15, -0.1) is 0 Å². The molecule has 4 heteroatoms. The molecule has 0 amide bonds. The molecule has 18 heavy (non-hydrogen) atoms. The minimum absolute atomic E-state index is 0.450. The summed E-state index contributed by atoms with van der Waals surface area (Å²) in [4.78, 5) is 15.0. The molecule has 0 aliphatic carbocycles. The third-order valence-electron chi connectivity index (χ3n) is 2.87. The Balaban J connectivity index is 2.17. The van der Waals surface area contributed by atoms with Crippen molar-refractivity contribution in [2.24, 2.45) is 7.05 Å². The van der Waals surface area contributed by atoms with E-state index < -0.39 is 0 Å². The Kier molecular flexibility index (Phi) is 2.41. The van der Waals surface area contributed by atoms with Gasteiger partial charge in [-0.05, 0) is 17.7 Å². The smallest absolute Gasteiger partial charge is 0.168 e. The SMILES string of the molecule is Cn1cc(-c2ccc3ccc(C=O)nc3c2)cn1. The molecule has 0 saturated heterocycles. The number of carbonyl (C=O) groups is 1. The van der Waals surface area contributed by atoms with Crippen LogP contribution in [0.5, 0.6) is 0 Å². The minimum atomic E-state index is 0.450. The monoisotopic (exact) mass is 237 g/mol. The van der Waals surface area contributed by atoms with E-state index in [1.807, 2.05) is 43.7 Å². The number of rotatable bonds is 2. The summed E-state index contributed by atoms with van der Waals surface area (Å²) < 4.78 is 1.76. The number of nitrogens with zero attached hydrogens (tertiary/aromatic N) is 3. The molecule has 2 aromatic heterocycles. The fourth-order valence-corrected chi connectivity index (χ4v) is 1.95. The molecular formula is C14H11N3O. The van der Waals surface area contributed by atoms with Crippen molar-refractivity contribution in [2.45, 2.75) is 0 Å². The van der Waals surface area contributed by atoms with Gasteiger partial charge in [0.2, 0.25) is 0 Å². The van der Waals surface area contributed by atoms with Gasteiger partial charge < -0.3 is 0 Å². The van der Waals surface area contributed by atoms with Crippen LogP contribution in [0.4, 0.5) is 0 Å². The van der Waals surface area contributed by atoms with E-state index in [0.717, 1.165) is 28.3 Å². The van der Waals surface area contributed by atoms with Crippen molar-refractivity contribution >= 4 is 17.2 Å². The standard InChI is InChI=1S/C14H11N3O/c1-17-8-12(7-15-17)11-3-2-10-4-5-13(9-18)16-14(10)6-11/h2-9H,1H3. The quantitative estimate of drug-likeness (QED) is 0.643. The molecule has 1 aromatic carbocycles. The van der Waals surface area contributed by atoms with Crippen molar-refractivity contribution in [1.29, 1.82) is 0 Å². The maximum absolute atomic E-state index is 10.7. The number of aldehydes is 1. The van der Waals surface area contributed by atoms with Crippen LogP contribution in [-0.4, -0.2) is 21.1 Å². The number of aromatic nitrogens is 3. The van der Waals surface area contributed by atoms with Gasteiger partial charge in [0.1, 0.15) is 5.69 Å². The van der Waals surface area contributed by atoms with Crippen LogP contribution in [0.2, 0.25) is 0 Å². The number of benzene rings is 1. The number of carbonyl (C=O) groups excluding carboxylic acids is 1. The number of hydrogen-bond acceptors (Lipinski definition) is 3. The molecule has 0 atom stereocenters. The van der Waals surface area contributed by atoms with E-state index in [9.17, 15) is 4.79 Å². The zero-order chi connectivity index (χ0) is 12.5. The largest absolute Gasteiger partial charge is 0.296 e. The fraction of sp³-hybridized carbons (Fsp3) is 0.0714. The molecule has 0 unspecified atom stereocenters. The number of hydrogen-bond donors (Lipinski definition) is 0. The Hall–Kier alpha value is -2.49. The molecule has 0 bridgehead atoms. The zero-order valence-corrected chi connectivity index (χ0v) is 9.87. The summed E-state index contributed by atoms with van der Waals surface area (Å²) in [7, 11) is 1.88. The molecule has 88 valence electrons. The Labute approximate surface area is 104 Å². The van der Waals surface area contributed by atoms with E-state index in [1.165, 1.54) is 0 Å². The number of aryl methyl sites for hydroxylation is 1. The van der Waals surface area contributed by atoms with Crippen LogP contribution in [0.15, 0.2) is 42.7 Å². The molecule has 0 aliphatic heterocycles. The fourth-order valence-electron chi connectivity index (χ4n) is 1.95. The van der Waals surface area contributed by atoms with Gasteiger partial charge in [-0.3, -0.25) is 9.48 Å². The van der Waals surface area contributed by atoms with Crippen molar-refractivity contribution in [3.63, 3.8) is 0 Å². The van der Waals surface area contributed by atoms with Crippen LogP contribution in [0, 0.1) is 0 Å². The van der Waals surface area contributed by atoms with Crippen LogP contribution in [-0.2, 0) is 7.05 Å². The lowest BCUT2D eigenvalue weighted by molar-refractivity contribution is 0.111. The zero-order valence-electron chi connectivity index (χ0n) is 9.87. The first-order chi connectivity index (χ1) is 8.76. The Morgan fingerprint density at radius 2 is 2.00 bits per heavy atom. The van der Waals surface area contributed by atoms with Crippen LogP contribution >= 0.6 is 0 Å². The van der Waals surface area contributed by atoms with E-state index >= 15 is 0 Å². The second-order valence-electron chi connectivity index (χ2n) is 4.16. The summed E-state index contributed by atoms with van der Waals surface area (Å²) in [6.45, 7) is 0. The molecule has 3 aromatic rings. The summed E-state index contributed by atoms with van der Waals surface area (Å²) in [6, 6.07) is 9.62. The summed E-state index contributed by atoms with van der Waals surface area (Å²) in [5, 5.41) is 5.17. The van der Waals surface area contributed by atoms with E-state index in [4.69, 9.17) is 0 Å². The van der Waals surface area contributed by atoms with Gasteiger partial charge in [0, 0.05) is 24.2 Å². The van der Waals surface area contributed by atoms with Crippen LogP contribution in [0.3, 0.4) is 0 Å². The first-order valence-electron chi connectivity index (χ1n) is 5.61. The maximum Gasteiger partial charge on any atom is 0.168 e. The van der Waals surface area contributed by atoms with Crippen molar-refractivity contribution in [3.05, 3.63) is 48.4 Å². The highest BCUT2D eigenvalue weighted by Gasteiger charge is 2.03. The second kappa shape index (κ2) is 4.07. The molecule has 0 spiro atoms. The summed E-state index contributed by atoms with van der Waals surface area (Å²) >= 11 is 0. The van der Waals surface area contributed by atoms with Gasteiger partial charge >= 0.3 is 0 Å². The third kappa shape index (κ3) is 1.78. The number of fused-ring (bicyclic) bond motifs is 1. The molecular weight excluding hydrogens is 226 g/mol. The van der Waals surface area contributed by atoms with E-state index in [1.54, 1.807) is 10.7 Å². The normalized spacial score (nSPS) is 10.7. The Morgan fingerprint density at radius 3 is 2.72 bits per heavy atom. The maximum atomic E-state index is 10.7. The molecule has 0 fully saturated rings. The van der Waals surface area contributed by atoms with Gasteiger partial charge in [-0.2, -0.15) is 5.10 Å². The highest BCUT2D eigenvalue weighted by atomic mass is 16.1. The summed E-state index contributed by atoms with van der Waals surface area (Å²) in [6.07, 6.45) is 4.52. The molecule has 0 N–H and O–H groups in total. The molecule has 3 rings (SSSR count). The highest BCUT2D eigenvalue weighted by molar-refractivity contribution is 5.86. The molecule has 0 saturated carbocycles. The predicted molar refractivity (Wildman–Crippen MR) is 69.3 cm³/mol. The lowest BCUT2D eigenvalue weighted by Crippen LogP contribution is -1.88. The van der Waals surface area contributed by atoms with Gasteiger partial charge in [0.25, 0.3) is 0 Å². The predicted octanol–water partition coefficient (Wildman–Crippen LogP) is 2.45. The van der Waals surface area contributed by atoms with Gasteiger partial charge in [0.15, 0.2) is 6.29 Å². The molecule has 4 nitrogen and oxygen atoms in total. The van der Waals surface area contributed by atoms with E-state index in [-0.39, 0.29) is 0 Å². The lowest BCUT2D eigenvalue weighted by Gasteiger charge is -2.01. The molecule has 2 heterocycles. The van der Waals surface area contributed by atoms with Crippen molar-refractivity contribution in [2.75, 3.05) is 0 Å². The van der Waals surface area contributed by atoms with Crippen molar-refractivity contribution in [1.82, 2.24) is 14.8 Å². The first-order valence-corrected chi connectivity index (χ1v) is 5.61. The average molecular weight is 237 g/mol. The first kappa shape index (κ1) is 10.7. The average Bonchev–Trinajstić information content (AvgIpc) is 2.84. The summed E-state index contributed by atoms with van der Waals surface area (Å²) in [5.74, 6) is 0. The van der Waals surface area contributed by atoms with Crippen LogP contribution < -0.4 is 0 Å². The highest BCUT2D eigenvalue weighted by Crippen LogP contribution is 2.22. The Morgan fingerprint density at radius 1 is 1.17 bits per heavy atom. The third-order valence-corrected chi connectivity index (χ3v) is 2.87. The second-order valence-corrected chi connectivity index (χ2v) is 4.16. The topological polar surface area (TPSA) is 47.8 Å². The van der Waals surface area contributed by atoms with E-state index in [2.05, 4.69) is 10.1 Å². The van der Waals surface area contributed by atoms with E-state index in [0.29, 0.717) is 5.69 Å². The lowest BCUT2D eigenvalue weighted by atomic mass is 10.1. The van der Waals surface area contributed by atoms with Gasteiger partial charge in [-0.25, -0.2) is 4.98 Å². The molecule has 0 aliphatic rings. The Bertz CT molecular complexity index is 731. The van der Waals surface area contributed by atoms with Crippen molar-refractivity contribution in [3.8, 4) is 11.1 Å².